The summed E-state index contributed by atoms with van der Waals surface area (Å²) in [6.07, 6.45) is 5.63. The molecule has 0 saturated carbocycles. The summed E-state index contributed by atoms with van der Waals surface area (Å²) in [4.78, 5) is 27.0. The Labute approximate surface area is 161 Å². The molecule has 150 valence electrons. The molecule has 2 aliphatic rings. The smallest absolute Gasteiger partial charge is 0.322 e. The number of imide groups is 1. The van der Waals surface area contributed by atoms with Crippen LogP contribution in [0.5, 0.6) is 0 Å². The van der Waals surface area contributed by atoms with Gasteiger partial charge >= 0.3 is 6.03 Å². The lowest BCUT2D eigenvalue weighted by Crippen LogP contribution is -2.56. The highest BCUT2D eigenvalue weighted by Crippen LogP contribution is 2.35. The number of aryl methyl sites for hydroxylation is 2. The van der Waals surface area contributed by atoms with Gasteiger partial charge in [0.1, 0.15) is 5.54 Å². The number of carbonyl (C=O) groups is 2. The number of hydrogen-bond donors (Lipinski definition) is 2. The van der Waals surface area contributed by atoms with Gasteiger partial charge < -0.3 is 5.32 Å². The summed E-state index contributed by atoms with van der Waals surface area (Å²) >= 11 is 0. The summed E-state index contributed by atoms with van der Waals surface area (Å²) < 4.78 is 1.98. The van der Waals surface area contributed by atoms with E-state index in [1.807, 2.05) is 4.68 Å². The Morgan fingerprint density at radius 3 is 2.52 bits per heavy atom. The van der Waals surface area contributed by atoms with Crippen LogP contribution < -0.4 is 10.6 Å². The van der Waals surface area contributed by atoms with Crippen LogP contribution in [0.3, 0.4) is 0 Å². The van der Waals surface area contributed by atoms with E-state index in [0.717, 1.165) is 57.6 Å². The van der Waals surface area contributed by atoms with Crippen LogP contribution in [0.4, 0.5) is 4.79 Å². The van der Waals surface area contributed by atoms with Gasteiger partial charge in [0.15, 0.2) is 0 Å². The first-order valence-electron chi connectivity index (χ1n) is 10.2. The van der Waals surface area contributed by atoms with Crippen LogP contribution >= 0.6 is 0 Å². The highest BCUT2D eigenvalue weighted by Gasteiger charge is 2.51. The molecule has 2 fully saturated rings. The Balaban J connectivity index is 1.64. The molecule has 0 bridgehead atoms. The molecule has 7 nitrogen and oxygen atoms in total. The predicted molar refractivity (Wildman–Crippen MR) is 104 cm³/mol. The van der Waals surface area contributed by atoms with Gasteiger partial charge in [0.2, 0.25) is 0 Å². The van der Waals surface area contributed by atoms with E-state index in [1.165, 1.54) is 5.56 Å². The molecule has 3 heterocycles. The van der Waals surface area contributed by atoms with E-state index >= 15 is 0 Å². The minimum Gasteiger partial charge on any atom is -0.323 e. The van der Waals surface area contributed by atoms with Gasteiger partial charge in [-0.1, -0.05) is 13.8 Å². The number of nitrogens with zero attached hydrogens (tertiary/aromatic N) is 3. The number of urea groups is 1. The molecule has 0 aliphatic carbocycles. The molecule has 1 aromatic heterocycles. The first-order chi connectivity index (χ1) is 12.8. The molecular weight excluding hydrogens is 342 g/mol. The largest absolute Gasteiger partial charge is 0.323 e. The van der Waals surface area contributed by atoms with Crippen LogP contribution in [0.25, 0.3) is 0 Å². The van der Waals surface area contributed by atoms with E-state index < -0.39 is 5.54 Å². The van der Waals surface area contributed by atoms with Gasteiger partial charge in [0.05, 0.1) is 5.69 Å². The lowest BCUT2D eigenvalue weighted by Gasteiger charge is -2.41. The number of carbonyl (C=O) groups excluding carboxylic acids is 2. The minimum absolute atomic E-state index is 0.133. The second-order valence-corrected chi connectivity index (χ2v) is 8.46. The van der Waals surface area contributed by atoms with Gasteiger partial charge in [-0.15, -0.1) is 0 Å². The van der Waals surface area contributed by atoms with E-state index in [1.54, 1.807) is 0 Å². The fourth-order valence-electron chi connectivity index (χ4n) is 4.39. The van der Waals surface area contributed by atoms with Crippen LogP contribution in [0.1, 0.15) is 57.7 Å². The van der Waals surface area contributed by atoms with Crippen LogP contribution in [0.2, 0.25) is 0 Å². The van der Waals surface area contributed by atoms with Gasteiger partial charge in [0.25, 0.3) is 5.91 Å². The maximum atomic E-state index is 12.7. The summed E-state index contributed by atoms with van der Waals surface area (Å²) in [5, 5.41) is 10.0. The van der Waals surface area contributed by atoms with Crippen molar-refractivity contribution < 1.29 is 9.59 Å². The van der Waals surface area contributed by atoms with Crippen molar-refractivity contribution in [3.8, 4) is 0 Å². The van der Waals surface area contributed by atoms with Crippen molar-refractivity contribution in [3.63, 3.8) is 0 Å². The van der Waals surface area contributed by atoms with Gasteiger partial charge in [-0.25, -0.2) is 4.79 Å². The van der Waals surface area contributed by atoms with Crippen molar-refractivity contribution in [2.45, 2.75) is 72.0 Å². The molecule has 0 aromatic carbocycles. The molecule has 3 rings (SSSR count). The molecule has 7 heteroatoms. The molecule has 1 aromatic rings. The summed E-state index contributed by atoms with van der Waals surface area (Å²) in [5.74, 6) is 0.565. The van der Waals surface area contributed by atoms with Gasteiger partial charge in [0, 0.05) is 24.8 Å². The Morgan fingerprint density at radius 2 is 2.00 bits per heavy atom. The third-order valence-electron chi connectivity index (χ3n) is 6.14. The van der Waals surface area contributed by atoms with Gasteiger partial charge in [-0.2, -0.15) is 5.10 Å². The highest BCUT2D eigenvalue weighted by molar-refractivity contribution is 6.07. The van der Waals surface area contributed by atoms with Crippen molar-refractivity contribution in [1.82, 2.24) is 25.3 Å². The zero-order chi connectivity index (χ0) is 19.6. The number of likely N-dealkylation sites (tertiary alicyclic amines) is 1. The van der Waals surface area contributed by atoms with Crippen molar-refractivity contribution in [1.29, 1.82) is 0 Å². The molecule has 0 unspecified atom stereocenters. The number of hydrogen-bond acceptors (Lipinski definition) is 4. The maximum Gasteiger partial charge on any atom is 0.322 e. The SMILES string of the molecule is CCn1cc(CN2CCC([C@@]3(CCC(C)C)NC(=O)NC3=O)CC2)c(C)n1. The van der Waals surface area contributed by atoms with E-state index in [2.05, 4.69) is 54.5 Å². The fourth-order valence-corrected chi connectivity index (χ4v) is 4.39. The predicted octanol–water partition coefficient (Wildman–Crippen LogP) is 2.44. The first-order valence-corrected chi connectivity index (χ1v) is 10.2. The number of aromatic nitrogens is 2. The third-order valence-corrected chi connectivity index (χ3v) is 6.14. The Morgan fingerprint density at radius 1 is 1.30 bits per heavy atom. The van der Waals surface area contributed by atoms with Gasteiger partial charge in [-0.05, 0) is 64.5 Å². The summed E-state index contributed by atoms with van der Waals surface area (Å²) in [7, 11) is 0. The molecule has 2 aliphatic heterocycles. The van der Waals surface area contributed by atoms with E-state index in [4.69, 9.17) is 0 Å². The maximum absolute atomic E-state index is 12.7. The molecule has 0 spiro atoms. The Hall–Kier alpha value is -1.89. The number of nitrogens with one attached hydrogen (secondary N) is 2. The molecule has 1 atom stereocenters. The fraction of sp³-hybridized carbons (Fsp3) is 0.750. The lowest BCUT2D eigenvalue weighted by atomic mass is 9.74. The summed E-state index contributed by atoms with van der Waals surface area (Å²) in [6, 6.07) is -0.339. The zero-order valence-corrected chi connectivity index (χ0v) is 17.0. The van der Waals surface area contributed by atoms with Crippen LogP contribution in [0.15, 0.2) is 6.20 Å². The number of rotatable bonds is 7. The monoisotopic (exact) mass is 375 g/mol. The van der Waals surface area contributed by atoms with Crippen molar-refractivity contribution in [3.05, 3.63) is 17.5 Å². The second kappa shape index (κ2) is 8.00. The van der Waals surface area contributed by atoms with Crippen LogP contribution in [0, 0.1) is 18.8 Å². The van der Waals surface area contributed by atoms with E-state index in [9.17, 15) is 9.59 Å². The standard InChI is InChI=1S/C20H33N5O2/c1-5-25-13-16(15(4)23-25)12-24-10-7-17(8-11-24)20(9-6-14(2)3)18(26)21-19(27)22-20/h13-14,17H,5-12H2,1-4H3,(H2,21,22,26,27)/t20-/m1/s1. The zero-order valence-electron chi connectivity index (χ0n) is 17.0. The van der Waals surface area contributed by atoms with Crippen molar-refractivity contribution >= 4 is 11.9 Å². The van der Waals surface area contributed by atoms with Crippen LogP contribution in [-0.2, 0) is 17.9 Å². The number of amides is 3. The van der Waals surface area contributed by atoms with Crippen molar-refractivity contribution in [2.24, 2.45) is 11.8 Å². The molecule has 27 heavy (non-hydrogen) atoms. The minimum atomic E-state index is -0.726. The normalized spacial score (nSPS) is 24.5. The second-order valence-electron chi connectivity index (χ2n) is 8.46. The highest BCUT2D eigenvalue weighted by atomic mass is 16.2. The Kier molecular flexibility index (Phi) is 5.89. The third kappa shape index (κ3) is 4.18. The van der Waals surface area contributed by atoms with Gasteiger partial charge in [-0.3, -0.25) is 19.7 Å². The summed E-state index contributed by atoms with van der Waals surface area (Å²) in [6.45, 7) is 12.1. The topological polar surface area (TPSA) is 79.3 Å². The summed E-state index contributed by atoms with van der Waals surface area (Å²) in [5.41, 5.74) is 1.64. The molecular formula is C20H33N5O2. The Bertz CT molecular complexity index is 691. The van der Waals surface area contributed by atoms with Crippen LogP contribution in [-0.4, -0.2) is 45.2 Å². The van der Waals surface area contributed by atoms with E-state index in [0.29, 0.717) is 5.92 Å². The average molecular weight is 376 g/mol. The molecule has 0 radical (unpaired) electrons. The lowest BCUT2D eigenvalue weighted by molar-refractivity contribution is -0.127. The number of piperidine rings is 1. The molecule has 2 saturated heterocycles. The average Bonchev–Trinajstić information content (AvgIpc) is 3.13. The van der Waals surface area contributed by atoms with Crippen molar-refractivity contribution in [2.75, 3.05) is 13.1 Å². The van der Waals surface area contributed by atoms with E-state index in [-0.39, 0.29) is 17.9 Å². The first kappa shape index (κ1) is 19.9. The molecule has 3 amide bonds. The quantitative estimate of drug-likeness (QED) is 0.718. The molecule has 2 N–H and O–H groups in total.